The van der Waals surface area contributed by atoms with Crippen LogP contribution >= 0.6 is 15.9 Å². The maximum Gasteiger partial charge on any atom is 0.143 e. The van der Waals surface area contributed by atoms with Crippen LogP contribution in [0.5, 0.6) is 0 Å². The minimum atomic E-state index is 0.541. The lowest BCUT2D eigenvalue weighted by molar-refractivity contribution is 0.376. The fourth-order valence-electron chi connectivity index (χ4n) is 2.50. The minimum Gasteiger partial charge on any atom is -0.350 e. The van der Waals surface area contributed by atoms with Crippen molar-refractivity contribution in [1.82, 2.24) is 10.3 Å². The molecule has 0 bridgehead atoms. The molecule has 1 fully saturated rings. The Bertz CT molecular complexity index is 408. The molecule has 0 amide bonds. The molecule has 2 rings (SSSR count). The van der Waals surface area contributed by atoms with Gasteiger partial charge in [0.1, 0.15) is 5.82 Å². The van der Waals surface area contributed by atoms with Gasteiger partial charge in [-0.1, -0.05) is 13.8 Å². The molecule has 0 aliphatic carbocycles. The van der Waals surface area contributed by atoms with E-state index in [1.54, 1.807) is 0 Å². The molecule has 2 heterocycles. The largest absolute Gasteiger partial charge is 0.350 e. The number of nitrogens with zero attached hydrogens (tertiary/aromatic N) is 2. The molecular weight excluding hydrogens is 290 g/mol. The van der Waals surface area contributed by atoms with Crippen molar-refractivity contribution in [2.45, 2.75) is 45.7 Å². The molecule has 1 N–H and O–H groups in total. The molecule has 0 spiro atoms. The van der Waals surface area contributed by atoms with E-state index >= 15 is 0 Å². The third-order valence-electron chi connectivity index (χ3n) is 3.69. The molecule has 0 saturated carbocycles. The van der Waals surface area contributed by atoms with E-state index < -0.39 is 0 Å². The lowest BCUT2D eigenvalue weighted by Crippen LogP contribution is -2.56. The van der Waals surface area contributed by atoms with Crippen molar-refractivity contribution >= 4 is 21.7 Å². The first-order valence-corrected chi connectivity index (χ1v) is 7.57. The molecule has 4 heteroatoms. The summed E-state index contributed by atoms with van der Waals surface area (Å²) in [6.07, 6.45) is 4.26. The van der Waals surface area contributed by atoms with Gasteiger partial charge in [-0.3, -0.25) is 0 Å². The van der Waals surface area contributed by atoms with Crippen LogP contribution in [0.3, 0.4) is 0 Å². The SMILES string of the molecule is CCC1CN(c2ncc(C)cc2Br)C(CC)CN1. The van der Waals surface area contributed by atoms with E-state index in [-0.39, 0.29) is 0 Å². The predicted octanol–water partition coefficient (Wildman–Crippen LogP) is 3.12. The fraction of sp³-hybridized carbons (Fsp3) is 0.643. The molecule has 1 aromatic rings. The molecule has 2 atom stereocenters. The standard InChI is InChI=1S/C14H22BrN3/c1-4-11-9-18(12(5-2)8-16-11)14-13(15)6-10(3)7-17-14/h6-7,11-12,16H,4-5,8-9H2,1-3H3. The van der Waals surface area contributed by atoms with E-state index in [9.17, 15) is 0 Å². The van der Waals surface area contributed by atoms with E-state index in [1.807, 2.05) is 6.20 Å². The zero-order chi connectivity index (χ0) is 13.1. The Morgan fingerprint density at radius 2 is 2.22 bits per heavy atom. The summed E-state index contributed by atoms with van der Waals surface area (Å²) in [6.45, 7) is 8.65. The number of hydrogen-bond acceptors (Lipinski definition) is 3. The molecular formula is C14H22BrN3. The van der Waals surface area contributed by atoms with Gasteiger partial charge in [-0.2, -0.15) is 0 Å². The topological polar surface area (TPSA) is 28.2 Å². The maximum atomic E-state index is 4.62. The van der Waals surface area contributed by atoms with Gasteiger partial charge in [-0.25, -0.2) is 4.98 Å². The van der Waals surface area contributed by atoms with Gasteiger partial charge < -0.3 is 10.2 Å². The number of aryl methyl sites for hydroxylation is 1. The molecule has 0 radical (unpaired) electrons. The number of hydrogen-bond donors (Lipinski definition) is 1. The van der Waals surface area contributed by atoms with Crippen molar-refractivity contribution in [3.8, 4) is 0 Å². The molecule has 0 aromatic carbocycles. The number of halogens is 1. The summed E-state index contributed by atoms with van der Waals surface area (Å²) >= 11 is 3.66. The molecule has 1 saturated heterocycles. The Morgan fingerprint density at radius 1 is 1.44 bits per heavy atom. The summed E-state index contributed by atoms with van der Waals surface area (Å²) < 4.78 is 1.11. The Labute approximate surface area is 118 Å². The third kappa shape index (κ3) is 2.86. The lowest BCUT2D eigenvalue weighted by Gasteiger charge is -2.41. The second kappa shape index (κ2) is 6.02. The number of aromatic nitrogens is 1. The second-order valence-electron chi connectivity index (χ2n) is 5.05. The van der Waals surface area contributed by atoms with E-state index in [0.29, 0.717) is 12.1 Å². The smallest absolute Gasteiger partial charge is 0.143 e. The third-order valence-corrected chi connectivity index (χ3v) is 4.28. The van der Waals surface area contributed by atoms with Gasteiger partial charge in [0.25, 0.3) is 0 Å². The highest BCUT2D eigenvalue weighted by Gasteiger charge is 2.27. The Kier molecular flexibility index (Phi) is 4.62. The summed E-state index contributed by atoms with van der Waals surface area (Å²) in [5.41, 5.74) is 1.20. The van der Waals surface area contributed by atoms with Crippen molar-refractivity contribution in [1.29, 1.82) is 0 Å². The lowest BCUT2D eigenvalue weighted by atomic mass is 10.1. The van der Waals surface area contributed by atoms with Crippen molar-refractivity contribution in [3.63, 3.8) is 0 Å². The highest BCUT2D eigenvalue weighted by Crippen LogP contribution is 2.28. The quantitative estimate of drug-likeness (QED) is 0.929. The number of nitrogens with one attached hydrogen (secondary N) is 1. The fourth-order valence-corrected chi connectivity index (χ4v) is 3.19. The zero-order valence-corrected chi connectivity index (χ0v) is 13.0. The van der Waals surface area contributed by atoms with Crippen molar-refractivity contribution in [2.24, 2.45) is 0 Å². The monoisotopic (exact) mass is 311 g/mol. The maximum absolute atomic E-state index is 4.62. The molecule has 1 aromatic heterocycles. The van der Waals surface area contributed by atoms with Crippen LogP contribution in [0.25, 0.3) is 0 Å². The Hall–Kier alpha value is -0.610. The summed E-state index contributed by atoms with van der Waals surface area (Å²) in [7, 11) is 0. The number of piperazine rings is 1. The van der Waals surface area contributed by atoms with Crippen molar-refractivity contribution in [2.75, 3.05) is 18.0 Å². The molecule has 2 unspecified atom stereocenters. The Morgan fingerprint density at radius 3 is 2.83 bits per heavy atom. The molecule has 1 aliphatic heterocycles. The van der Waals surface area contributed by atoms with Gasteiger partial charge >= 0.3 is 0 Å². The van der Waals surface area contributed by atoms with Gasteiger partial charge in [-0.05, 0) is 47.3 Å². The van der Waals surface area contributed by atoms with Crippen LogP contribution in [0.15, 0.2) is 16.7 Å². The molecule has 3 nitrogen and oxygen atoms in total. The van der Waals surface area contributed by atoms with Crippen LogP contribution in [0.4, 0.5) is 5.82 Å². The highest BCUT2D eigenvalue weighted by molar-refractivity contribution is 9.10. The molecule has 1 aliphatic rings. The summed E-state index contributed by atoms with van der Waals surface area (Å²) in [6, 6.07) is 3.26. The van der Waals surface area contributed by atoms with E-state index in [4.69, 9.17) is 0 Å². The van der Waals surface area contributed by atoms with Gasteiger partial charge in [0.15, 0.2) is 0 Å². The van der Waals surface area contributed by atoms with Crippen LogP contribution in [0, 0.1) is 6.92 Å². The van der Waals surface area contributed by atoms with Gasteiger partial charge in [0.2, 0.25) is 0 Å². The second-order valence-corrected chi connectivity index (χ2v) is 5.90. The van der Waals surface area contributed by atoms with Crippen LogP contribution in [0.2, 0.25) is 0 Å². The first-order chi connectivity index (χ1) is 8.65. The van der Waals surface area contributed by atoms with E-state index in [0.717, 1.165) is 36.2 Å². The van der Waals surface area contributed by atoms with Gasteiger partial charge in [0.05, 0.1) is 4.47 Å². The normalized spacial score (nSPS) is 24.3. The summed E-state index contributed by atoms with van der Waals surface area (Å²) in [4.78, 5) is 7.07. The average molecular weight is 312 g/mol. The van der Waals surface area contributed by atoms with Crippen LogP contribution in [-0.2, 0) is 0 Å². The van der Waals surface area contributed by atoms with E-state index in [2.05, 4.69) is 58.0 Å². The van der Waals surface area contributed by atoms with Crippen LogP contribution in [-0.4, -0.2) is 30.2 Å². The number of anilines is 1. The summed E-state index contributed by atoms with van der Waals surface area (Å²) in [5, 5.41) is 3.62. The zero-order valence-electron chi connectivity index (χ0n) is 11.4. The predicted molar refractivity (Wildman–Crippen MR) is 80.2 cm³/mol. The minimum absolute atomic E-state index is 0.541. The summed E-state index contributed by atoms with van der Waals surface area (Å²) in [5.74, 6) is 1.09. The van der Waals surface area contributed by atoms with Crippen molar-refractivity contribution < 1.29 is 0 Å². The van der Waals surface area contributed by atoms with Gasteiger partial charge in [-0.15, -0.1) is 0 Å². The first kappa shape index (κ1) is 13.8. The highest BCUT2D eigenvalue weighted by atomic mass is 79.9. The Balaban J connectivity index is 2.26. The van der Waals surface area contributed by atoms with Crippen molar-refractivity contribution in [3.05, 3.63) is 22.3 Å². The van der Waals surface area contributed by atoms with Gasteiger partial charge in [0, 0.05) is 31.4 Å². The number of rotatable bonds is 3. The first-order valence-electron chi connectivity index (χ1n) is 6.77. The molecule has 18 heavy (non-hydrogen) atoms. The average Bonchev–Trinajstić information content (AvgIpc) is 2.38. The van der Waals surface area contributed by atoms with Crippen LogP contribution in [0.1, 0.15) is 32.3 Å². The molecule has 100 valence electrons. The van der Waals surface area contributed by atoms with Crippen LogP contribution < -0.4 is 10.2 Å². The van der Waals surface area contributed by atoms with E-state index in [1.165, 1.54) is 5.56 Å². The number of pyridine rings is 1.